The van der Waals surface area contributed by atoms with Crippen LogP contribution >= 0.6 is 0 Å². The predicted molar refractivity (Wildman–Crippen MR) is 79.5 cm³/mol. The van der Waals surface area contributed by atoms with Crippen molar-refractivity contribution in [1.29, 1.82) is 0 Å². The van der Waals surface area contributed by atoms with E-state index in [1.165, 1.54) is 5.56 Å². The lowest BCUT2D eigenvalue weighted by Crippen LogP contribution is -2.31. The van der Waals surface area contributed by atoms with Crippen molar-refractivity contribution in [2.24, 2.45) is 7.05 Å². The Labute approximate surface area is 119 Å². The minimum absolute atomic E-state index is 0.164. The summed E-state index contributed by atoms with van der Waals surface area (Å²) < 4.78 is 1.65. The maximum atomic E-state index is 12.0. The van der Waals surface area contributed by atoms with Crippen molar-refractivity contribution in [3.8, 4) is 0 Å². The number of hydrogen-bond donors (Lipinski definition) is 1. The number of carbonyl (C=O) groups excluding carboxylic acids is 1. The van der Waals surface area contributed by atoms with Crippen LogP contribution in [0.1, 0.15) is 18.1 Å². The maximum absolute atomic E-state index is 12.0. The van der Waals surface area contributed by atoms with Crippen LogP contribution in [0, 0.1) is 0 Å². The summed E-state index contributed by atoms with van der Waals surface area (Å²) in [6.45, 7) is 2.70. The second-order valence-electron chi connectivity index (χ2n) is 4.83. The van der Waals surface area contributed by atoms with Gasteiger partial charge in [-0.3, -0.25) is 10.00 Å². The molecule has 1 aromatic carbocycles. The monoisotopic (exact) mass is 272 g/mol. The van der Waals surface area contributed by atoms with Gasteiger partial charge in [0.15, 0.2) is 5.82 Å². The van der Waals surface area contributed by atoms with Crippen LogP contribution < -0.4 is 5.32 Å². The standard InChI is InChI=1S/C15H20N4O/c1-4-12-5-7-13(8-6-12)11-18(2)15(20)16-14-9-10-19(3)17-14/h5-10H,4,11H2,1-3H3,(H,16,17,20). The van der Waals surface area contributed by atoms with E-state index in [0.29, 0.717) is 12.4 Å². The zero-order chi connectivity index (χ0) is 14.5. The fourth-order valence-corrected chi connectivity index (χ4v) is 1.91. The third kappa shape index (κ3) is 3.60. The Hall–Kier alpha value is -2.30. The zero-order valence-electron chi connectivity index (χ0n) is 12.1. The predicted octanol–water partition coefficient (Wildman–Crippen LogP) is 2.65. The SMILES string of the molecule is CCc1ccc(CN(C)C(=O)Nc2ccn(C)n2)cc1. The Morgan fingerprint density at radius 2 is 1.90 bits per heavy atom. The van der Waals surface area contributed by atoms with Gasteiger partial charge in [0.25, 0.3) is 0 Å². The molecule has 0 atom stereocenters. The number of urea groups is 1. The summed E-state index contributed by atoms with van der Waals surface area (Å²) in [7, 11) is 3.58. The highest BCUT2D eigenvalue weighted by Crippen LogP contribution is 2.09. The van der Waals surface area contributed by atoms with Crippen LogP contribution in [-0.2, 0) is 20.0 Å². The summed E-state index contributed by atoms with van der Waals surface area (Å²) in [4.78, 5) is 13.6. The van der Waals surface area contributed by atoms with Crippen LogP contribution in [0.15, 0.2) is 36.5 Å². The molecule has 0 fully saturated rings. The van der Waals surface area contributed by atoms with E-state index in [4.69, 9.17) is 0 Å². The van der Waals surface area contributed by atoms with Crippen LogP contribution in [0.2, 0.25) is 0 Å². The van der Waals surface area contributed by atoms with Gasteiger partial charge in [0, 0.05) is 32.9 Å². The maximum Gasteiger partial charge on any atom is 0.323 e. The molecule has 1 heterocycles. The average Bonchev–Trinajstić information content (AvgIpc) is 2.85. The van der Waals surface area contributed by atoms with Crippen molar-refractivity contribution in [1.82, 2.24) is 14.7 Å². The highest BCUT2D eigenvalue weighted by molar-refractivity contribution is 5.87. The van der Waals surface area contributed by atoms with Gasteiger partial charge < -0.3 is 4.90 Å². The Kier molecular flexibility index (Phi) is 4.40. The number of benzene rings is 1. The Balaban J connectivity index is 1.92. The molecule has 20 heavy (non-hydrogen) atoms. The largest absolute Gasteiger partial charge is 0.323 e. The van der Waals surface area contributed by atoms with Gasteiger partial charge in [-0.1, -0.05) is 31.2 Å². The molecule has 2 rings (SSSR count). The highest BCUT2D eigenvalue weighted by Gasteiger charge is 2.10. The van der Waals surface area contributed by atoms with Gasteiger partial charge in [-0.2, -0.15) is 5.10 Å². The summed E-state index contributed by atoms with van der Waals surface area (Å²) in [6.07, 6.45) is 2.81. The molecular formula is C15H20N4O. The number of nitrogens with zero attached hydrogens (tertiary/aromatic N) is 3. The topological polar surface area (TPSA) is 50.2 Å². The zero-order valence-corrected chi connectivity index (χ0v) is 12.1. The lowest BCUT2D eigenvalue weighted by atomic mass is 10.1. The number of rotatable bonds is 4. The second kappa shape index (κ2) is 6.23. The van der Waals surface area contributed by atoms with Crippen LogP contribution in [0.5, 0.6) is 0 Å². The normalized spacial score (nSPS) is 10.3. The number of carbonyl (C=O) groups is 1. The summed E-state index contributed by atoms with van der Waals surface area (Å²) in [6, 6.07) is 9.91. The molecule has 2 amide bonds. The third-order valence-electron chi connectivity index (χ3n) is 3.15. The first kappa shape index (κ1) is 14.1. The molecule has 0 aliphatic rings. The number of amides is 2. The Morgan fingerprint density at radius 1 is 1.25 bits per heavy atom. The van der Waals surface area contributed by atoms with Gasteiger partial charge in [-0.25, -0.2) is 4.79 Å². The number of hydrogen-bond acceptors (Lipinski definition) is 2. The van der Waals surface area contributed by atoms with Crippen LogP contribution in [0.4, 0.5) is 10.6 Å². The van der Waals surface area contributed by atoms with E-state index < -0.39 is 0 Å². The van der Waals surface area contributed by atoms with Gasteiger partial charge in [-0.15, -0.1) is 0 Å². The Bertz CT molecular complexity index is 574. The first-order valence-electron chi connectivity index (χ1n) is 6.68. The van der Waals surface area contributed by atoms with Crippen LogP contribution in [0.25, 0.3) is 0 Å². The molecule has 0 unspecified atom stereocenters. The van der Waals surface area contributed by atoms with Crippen molar-refractivity contribution in [2.75, 3.05) is 12.4 Å². The van der Waals surface area contributed by atoms with E-state index >= 15 is 0 Å². The quantitative estimate of drug-likeness (QED) is 0.930. The van der Waals surface area contributed by atoms with E-state index in [-0.39, 0.29) is 6.03 Å². The molecule has 0 spiro atoms. The van der Waals surface area contributed by atoms with Crippen LogP contribution in [0.3, 0.4) is 0 Å². The van der Waals surface area contributed by atoms with E-state index in [0.717, 1.165) is 12.0 Å². The highest BCUT2D eigenvalue weighted by atomic mass is 16.2. The van der Waals surface area contributed by atoms with Gasteiger partial charge >= 0.3 is 6.03 Å². The molecule has 0 aliphatic carbocycles. The smallest absolute Gasteiger partial charge is 0.323 e. The van der Waals surface area contributed by atoms with Gasteiger partial charge in [0.05, 0.1) is 0 Å². The first-order chi connectivity index (χ1) is 9.58. The van der Waals surface area contributed by atoms with Crippen LogP contribution in [-0.4, -0.2) is 27.8 Å². The van der Waals surface area contributed by atoms with Crippen molar-refractivity contribution in [3.05, 3.63) is 47.7 Å². The van der Waals surface area contributed by atoms with E-state index in [1.54, 1.807) is 28.9 Å². The minimum Gasteiger partial charge on any atom is -0.323 e. The number of nitrogens with one attached hydrogen (secondary N) is 1. The van der Waals surface area contributed by atoms with Crippen molar-refractivity contribution in [2.45, 2.75) is 19.9 Å². The van der Waals surface area contributed by atoms with Crippen molar-refractivity contribution >= 4 is 11.8 Å². The molecular weight excluding hydrogens is 252 g/mol. The second-order valence-corrected chi connectivity index (χ2v) is 4.83. The summed E-state index contributed by atoms with van der Waals surface area (Å²) in [5.41, 5.74) is 2.41. The number of anilines is 1. The molecule has 106 valence electrons. The molecule has 5 nitrogen and oxygen atoms in total. The molecule has 5 heteroatoms. The minimum atomic E-state index is -0.164. The summed E-state index contributed by atoms with van der Waals surface area (Å²) in [5, 5.41) is 6.88. The number of aromatic nitrogens is 2. The Morgan fingerprint density at radius 3 is 2.45 bits per heavy atom. The molecule has 0 bridgehead atoms. The van der Waals surface area contributed by atoms with Gasteiger partial charge in [0.2, 0.25) is 0 Å². The van der Waals surface area contributed by atoms with Gasteiger partial charge in [0.1, 0.15) is 0 Å². The lowest BCUT2D eigenvalue weighted by Gasteiger charge is -2.17. The van der Waals surface area contributed by atoms with Crippen molar-refractivity contribution in [3.63, 3.8) is 0 Å². The molecule has 0 saturated heterocycles. The van der Waals surface area contributed by atoms with E-state index in [1.807, 2.05) is 7.05 Å². The summed E-state index contributed by atoms with van der Waals surface area (Å²) >= 11 is 0. The van der Waals surface area contributed by atoms with Crippen molar-refractivity contribution < 1.29 is 4.79 Å². The molecule has 0 saturated carbocycles. The average molecular weight is 272 g/mol. The first-order valence-corrected chi connectivity index (χ1v) is 6.68. The fourth-order valence-electron chi connectivity index (χ4n) is 1.91. The molecule has 0 radical (unpaired) electrons. The number of aryl methyl sites for hydroxylation is 2. The van der Waals surface area contributed by atoms with E-state index in [2.05, 4.69) is 41.6 Å². The third-order valence-corrected chi connectivity index (χ3v) is 3.15. The lowest BCUT2D eigenvalue weighted by molar-refractivity contribution is 0.220. The summed E-state index contributed by atoms with van der Waals surface area (Å²) in [5.74, 6) is 0.561. The molecule has 1 aromatic heterocycles. The van der Waals surface area contributed by atoms with Gasteiger partial charge in [-0.05, 0) is 17.5 Å². The molecule has 2 aromatic rings. The molecule has 1 N–H and O–H groups in total. The molecule has 0 aliphatic heterocycles. The fraction of sp³-hybridized carbons (Fsp3) is 0.333. The van der Waals surface area contributed by atoms with E-state index in [9.17, 15) is 4.79 Å².